The van der Waals surface area contributed by atoms with Crippen molar-refractivity contribution in [2.24, 2.45) is 10.7 Å². The van der Waals surface area contributed by atoms with Crippen molar-refractivity contribution < 1.29 is 0 Å². The lowest BCUT2D eigenvalue weighted by atomic mass is 10.1. The van der Waals surface area contributed by atoms with Gasteiger partial charge in [-0.2, -0.15) is 0 Å². The van der Waals surface area contributed by atoms with Gasteiger partial charge < -0.3 is 11.5 Å². The molecule has 1 heterocycles. The highest BCUT2D eigenvalue weighted by Crippen LogP contribution is 2.14. The van der Waals surface area contributed by atoms with Crippen LogP contribution in [0.2, 0.25) is 0 Å². The molecular weight excluding hydrogens is 200 g/mol. The number of hydrogen-bond acceptors (Lipinski definition) is 4. The molecule has 1 aromatic heterocycles. The fraction of sp³-hybridized carbons (Fsp3) is 0.333. The maximum absolute atomic E-state index is 5.61. The van der Waals surface area contributed by atoms with Gasteiger partial charge in [0.05, 0.1) is 5.54 Å². The number of hydrogen-bond donors (Lipinski definition) is 2. The summed E-state index contributed by atoms with van der Waals surface area (Å²) in [5.74, 6) is 0.473. The Labute approximate surface area is 96.1 Å². The van der Waals surface area contributed by atoms with Gasteiger partial charge in [0.15, 0.2) is 0 Å². The van der Waals surface area contributed by atoms with Crippen LogP contribution in [0.1, 0.15) is 26.3 Å². The average Bonchev–Trinajstić information content (AvgIpc) is 2.17. The van der Waals surface area contributed by atoms with Crippen LogP contribution in [0.5, 0.6) is 0 Å². The molecule has 0 radical (unpaired) electrons. The molecule has 0 bridgehead atoms. The third-order valence-corrected chi connectivity index (χ3v) is 1.88. The molecule has 0 aliphatic rings. The number of nitrogens with two attached hydrogens (primary N) is 2. The van der Waals surface area contributed by atoms with Crippen molar-refractivity contribution in [1.82, 2.24) is 4.98 Å². The van der Waals surface area contributed by atoms with Gasteiger partial charge in [0, 0.05) is 24.2 Å². The topological polar surface area (TPSA) is 77.3 Å². The lowest BCUT2D eigenvalue weighted by molar-refractivity contribution is 0.587. The molecule has 4 nitrogen and oxygen atoms in total. The van der Waals surface area contributed by atoms with E-state index < -0.39 is 0 Å². The number of anilines is 1. The molecule has 86 valence electrons. The molecule has 0 amide bonds. The third kappa shape index (κ3) is 3.73. The Kier molecular flexibility index (Phi) is 3.66. The van der Waals surface area contributed by atoms with Gasteiger partial charge in [-0.05, 0) is 38.5 Å². The van der Waals surface area contributed by atoms with Gasteiger partial charge in [0.25, 0.3) is 0 Å². The highest BCUT2D eigenvalue weighted by Gasteiger charge is 2.06. The normalized spacial score (nSPS) is 13.3. The Morgan fingerprint density at radius 2 is 2.12 bits per heavy atom. The lowest BCUT2D eigenvalue weighted by Gasteiger charge is -2.11. The molecule has 0 atom stereocenters. The monoisotopic (exact) mass is 218 g/mol. The minimum Gasteiger partial charge on any atom is -0.404 e. The molecule has 0 unspecified atom stereocenters. The number of aromatic nitrogens is 1. The molecule has 0 fully saturated rings. The summed E-state index contributed by atoms with van der Waals surface area (Å²) in [4.78, 5) is 8.33. The van der Waals surface area contributed by atoms with Gasteiger partial charge in [-0.1, -0.05) is 0 Å². The molecular formula is C12H18N4. The van der Waals surface area contributed by atoms with Crippen LogP contribution in [0.4, 0.5) is 5.82 Å². The van der Waals surface area contributed by atoms with Gasteiger partial charge in [0.2, 0.25) is 0 Å². The molecule has 0 saturated carbocycles. The first-order valence-corrected chi connectivity index (χ1v) is 5.11. The summed E-state index contributed by atoms with van der Waals surface area (Å²) in [6, 6.07) is 3.62. The van der Waals surface area contributed by atoms with E-state index in [0.29, 0.717) is 5.82 Å². The van der Waals surface area contributed by atoms with E-state index in [1.807, 2.05) is 26.8 Å². The van der Waals surface area contributed by atoms with Crippen molar-refractivity contribution in [3.63, 3.8) is 0 Å². The van der Waals surface area contributed by atoms with Crippen molar-refractivity contribution in [3.05, 3.63) is 30.1 Å². The number of pyridine rings is 1. The van der Waals surface area contributed by atoms with Gasteiger partial charge in [-0.15, -0.1) is 0 Å². The largest absolute Gasteiger partial charge is 0.404 e. The highest BCUT2D eigenvalue weighted by atomic mass is 14.8. The molecule has 1 aromatic rings. The number of aliphatic imine (C=N–C) groups is 1. The number of nitrogen functional groups attached to an aromatic ring is 1. The van der Waals surface area contributed by atoms with Crippen molar-refractivity contribution >= 4 is 17.6 Å². The SMILES string of the molecule is CC(C)(C)N=C/C(=C\N)c1ccnc(N)c1. The molecule has 0 spiro atoms. The van der Waals surface area contributed by atoms with Crippen LogP contribution < -0.4 is 11.5 Å². The standard InChI is InChI=1S/C12H18N4/c1-12(2,3)16-8-10(7-13)9-4-5-15-11(14)6-9/h4-8H,13H2,1-3H3,(H2,14,15)/b10-7+,16-8?. The number of allylic oxidation sites excluding steroid dienone is 1. The van der Waals surface area contributed by atoms with Crippen molar-refractivity contribution in [2.75, 3.05) is 5.73 Å². The summed E-state index contributed by atoms with van der Waals surface area (Å²) in [6.07, 6.45) is 4.93. The Morgan fingerprint density at radius 3 is 2.62 bits per heavy atom. The Balaban J connectivity index is 2.97. The van der Waals surface area contributed by atoms with Gasteiger partial charge >= 0.3 is 0 Å². The molecule has 0 saturated heterocycles. The maximum Gasteiger partial charge on any atom is 0.123 e. The molecule has 16 heavy (non-hydrogen) atoms. The smallest absolute Gasteiger partial charge is 0.123 e. The molecule has 1 rings (SSSR count). The van der Waals surface area contributed by atoms with E-state index in [2.05, 4.69) is 9.98 Å². The Hall–Kier alpha value is -1.84. The second kappa shape index (κ2) is 4.79. The van der Waals surface area contributed by atoms with Crippen molar-refractivity contribution in [3.8, 4) is 0 Å². The zero-order valence-corrected chi connectivity index (χ0v) is 9.94. The van der Waals surface area contributed by atoms with Crippen molar-refractivity contribution in [1.29, 1.82) is 0 Å². The first kappa shape index (κ1) is 12.2. The van der Waals surface area contributed by atoms with Crippen LogP contribution in [0.25, 0.3) is 5.57 Å². The summed E-state index contributed by atoms with van der Waals surface area (Å²) >= 11 is 0. The summed E-state index contributed by atoms with van der Waals surface area (Å²) in [6.45, 7) is 6.08. The van der Waals surface area contributed by atoms with E-state index >= 15 is 0 Å². The Bertz CT molecular complexity index is 413. The van der Waals surface area contributed by atoms with E-state index in [1.165, 1.54) is 6.20 Å². The van der Waals surface area contributed by atoms with Crippen LogP contribution in [-0.4, -0.2) is 16.7 Å². The molecule has 4 N–H and O–H groups in total. The minimum atomic E-state index is -0.118. The van der Waals surface area contributed by atoms with Crippen LogP contribution in [-0.2, 0) is 0 Å². The Morgan fingerprint density at radius 1 is 1.44 bits per heavy atom. The van der Waals surface area contributed by atoms with Gasteiger partial charge in [-0.3, -0.25) is 4.99 Å². The number of rotatable bonds is 2. The zero-order chi connectivity index (χ0) is 12.2. The zero-order valence-electron chi connectivity index (χ0n) is 9.94. The van der Waals surface area contributed by atoms with Gasteiger partial charge in [0.1, 0.15) is 5.82 Å². The summed E-state index contributed by atoms with van der Waals surface area (Å²) in [5.41, 5.74) is 12.8. The highest BCUT2D eigenvalue weighted by molar-refractivity contribution is 6.09. The second-order valence-corrected chi connectivity index (χ2v) is 4.52. The van der Waals surface area contributed by atoms with E-state index in [4.69, 9.17) is 11.5 Å². The van der Waals surface area contributed by atoms with Crippen LogP contribution >= 0.6 is 0 Å². The van der Waals surface area contributed by atoms with Gasteiger partial charge in [-0.25, -0.2) is 4.98 Å². The average molecular weight is 218 g/mol. The first-order valence-electron chi connectivity index (χ1n) is 5.11. The molecule has 0 aromatic carbocycles. The lowest BCUT2D eigenvalue weighted by Crippen LogP contribution is -2.10. The van der Waals surface area contributed by atoms with Crippen LogP contribution in [0.15, 0.2) is 29.5 Å². The predicted molar refractivity (Wildman–Crippen MR) is 69.1 cm³/mol. The fourth-order valence-electron chi connectivity index (χ4n) is 1.10. The van der Waals surface area contributed by atoms with E-state index in [9.17, 15) is 0 Å². The summed E-state index contributed by atoms with van der Waals surface area (Å²) in [7, 11) is 0. The van der Waals surface area contributed by atoms with E-state index in [1.54, 1.807) is 18.5 Å². The fourth-order valence-corrected chi connectivity index (χ4v) is 1.10. The van der Waals surface area contributed by atoms with Crippen LogP contribution in [0, 0.1) is 0 Å². The maximum atomic E-state index is 5.61. The molecule has 0 aliphatic heterocycles. The van der Waals surface area contributed by atoms with Crippen molar-refractivity contribution in [2.45, 2.75) is 26.3 Å². The number of nitrogens with zero attached hydrogens (tertiary/aromatic N) is 2. The van der Waals surface area contributed by atoms with E-state index in [0.717, 1.165) is 11.1 Å². The minimum absolute atomic E-state index is 0.118. The quantitative estimate of drug-likeness (QED) is 0.743. The summed E-state index contributed by atoms with van der Waals surface area (Å²) < 4.78 is 0. The predicted octanol–water partition coefficient (Wildman–Crippen LogP) is 1.83. The molecule has 4 heteroatoms. The van der Waals surface area contributed by atoms with Crippen LogP contribution in [0.3, 0.4) is 0 Å². The van der Waals surface area contributed by atoms with E-state index in [-0.39, 0.29) is 5.54 Å². The second-order valence-electron chi connectivity index (χ2n) is 4.52. The first-order chi connectivity index (χ1) is 7.42. The summed E-state index contributed by atoms with van der Waals surface area (Å²) in [5, 5.41) is 0. The third-order valence-electron chi connectivity index (χ3n) is 1.88. The molecule has 0 aliphatic carbocycles.